The summed E-state index contributed by atoms with van der Waals surface area (Å²) in [4.78, 5) is 29.8. The van der Waals surface area contributed by atoms with Gasteiger partial charge in [0.15, 0.2) is 11.5 Å². The molecule has 2 atom stereocenters. The van der Waals surface area contributed by atoms with Crippen LogP contribution in [0.3, 0.4) is 0 Å². The summed E-state index contributed by atoms with van der Waals surface area (Å²) in [5.41, 5.74) is -0.101. The third-order valence-corrected chi connectivity index (χ3v) is 8.48. The Balaban J connectivity index is 1.48. The Hall–Kier alpha value is -3.08. The number of nitrogens with zero attached hydrogens (tertiary/aromatic N) is 4. The van der Waals surface area contributed by atoms with Gasteiger partial charge in [-0.2, -0.15) is 0 Å². The summed E-state index contributed by atoms with van der Waals surface area (Å²) in [6.07, 6.45) is 5.13. The number of anilines is 3. The Morgan fingerprint density at radius 2 is 2.19 bits per heavy atom. The fourth-order valence-corrected chi connectivity index (χ4v) is 6.14. The number of rotatable bonds is 6. The predicted molar refractivity (Wildman–Crippen MR) is 115 cm³/mol. The average molecular weight is 445 g/mol. The normalized spacial score (nSPS) is 26.7. The Labute approximate surface area is 184 Å². The van der Waals surface area contributed by atoms with Crippen LogP contribution in [0.1, 0.15) is 40.3 Å². The fraction of sp³-hybridized carbons (Fsp3) is 0.450. The molecule has 3 aliphatic rings. The first kappa shape index (κ1) is 16.6. The highest BCUT2D eigenvalue weighted by Crippen LogP contribution is 2.70. The van der Waals surface area contributed by atoms with E-state index in [4.69, 9.17) is 4.11 Å². The van der Waals surface area contributed by atoms with Crippen molar-refractivity contribution in [3.63, 3.8) is 0 Å². The molecule has 10 nitrogen and oxygen atoms in total. The Kier molecular flexibility index (Phi) is 3.88. The minimum atomic E-state index is -2.74. The van der Waals surface area contributed by atoms with Gasteiger partial charge < -0.3 is 16.0 Å². The van der Waals surface area contributed by atoms with Crippen molar-refractivity contribution < 1.29 is 17.9 Å². The first-order chi connectivity index (χ1) is 16.1. The zero-order valence-electron chi connectivity index (χ0n) is 19.6. The molecule has 0 saturated heterocycles. The summed E-state index contributed by atoms with van der Waals surface area (Å²) in [5, 5.41) is 15.3. The molecule has 2 aromatic heterocycles. The highest BCUT2D eigenvalue weighted by atomic mass is 32.2. The van der Waals surface area contributed by atoms with E-state index in [1.165, 1.54) is 12.3 Å². The summed E-state index contributed by atoms with van der Waals surface area (Å²) >= 11 is 0. The number of amides is 2. The molecule has 0 radical (unpaired) electrons. The Morgan fingerprint density at radius 1 is 1.32 bits per heavy atom. The van der Waals surface area contributed by atoms with E-state index in [9.17, 15) is 13.8 Å². The number of hydrogen-bond donors (Lipinski definition) is 3. The number of aromatic nitrogens is 3. The maximum Gasteiger partial charge on any atom is 0.273 e. The standard InChI is InChI=1S/C20H23N7O3S/c1-21-19(29)16-13(10-15(26-27-16)25-18(28)12-11-20(12)5-6-20)24-17-14(4-2-7-22-17)31(30)9-3-8-23-31/h2,4,7,10,12H,3,5-6,8-9,11H2,1H3,(H,21,29)(H2,22,24,25,26,28)/t12-,31+/m1/s1/i1D3. The van der Waals surface area contributed by atoms with Gasteiger partial charge in [0.1, 0.15) is 5.82 Å². The second kappa shape index (κ2) is 7.26. The van der Waals surface area contributed by atoms with E-state index in [0.29, 0.717) is 23.6 Å². The van der Waals surface area contributed by atoms with Gasteiger partial charge in [-0.25, -0.2) is 13.6 Å². The maximum absolute atomic E-state index is 13.3. The van der Waals surface area contributed by atoms with Crippen molar-refractivity contribution in [2.24, 2.45) is 15.7 Å². The third-order valence-electron chi connectivity index (χ3n) is 6.02. The molecule has 2 amide bonds. The molecule has 162 valence electrons. The van der Waals surface area contributed by atoms with E-state index >= 15 is 0 Å². The molecule has 1 spiro atoms. The molecule has 5 rings (SSSR count). The van der Waals surface area contributed by atoms with Gasteiger partial charge in [0.25, 0.3) is 5.91 Å². The van der Waals surface area contributed by atoms with Crippen LogP contribution in [0.25, 0.3) is 0 Å². The zero-order valence-corrected chi connectivity index (χ0v) is 17.4. The van der Waals surface area contributed by atoms with Crippen molar-refractivity contribution >= 4 is 38.9 Å². The van der Waals surface area contributed by atoms with Gasteiger partial charge in [-0.1, -0.05) is 0 Å². The van der Waals surface area contributed by atoms with Gasteiger partial charge in [0.05, 0.1) is 20.3 Å². The van der Waals surface area contributed by atoms with E-state index in [2.05, 4.69) is 30.2 Å². The van der Waals surface area contributed by atoms with E-state index in [-0.39, 0.29) is 40.3 Å². The molecule has 0 aromatic carbocycles. The fourth-order valence-electron chi connectivity index (χ4n) is 4.01. The minimum absolute atomic E-state index is 0.0560. The van der Waals surface area contributed by atoms with Gasteiger partial charge in [0.2, 0.25) is 5.91 Å². The predicted octanol–water partition coefficient (Wildman–Crippen LogP) is 1.94. The highest BCUT2D eigenvalue weighted by molar-refractivity contribution is 7.94. The summed E-state index contributed by atoms with van der Waals surface area (Å²) in [6, 6.07) is 4.68. The molecule has 0 bridgehead atoms. The van der Waals surface area contributed by atoms with E-state index < -0.39 is 22.6 Å². The van der Waals surface area contributed by atoms with Gasteiger partial charge in [0, 0.05) is 41.6 Å². The highest BCUT2D eigenvalue weighted by Gasteiger charge is 2.65. The molecular weight excluding hydrogens is 418 g/mol. The van der Waals surface area contributed by atoms with Crippen LogP contribution in [0.15, 0.2) is 33.7 Å². The van der Waals surface area contributed by atoms with Crippen LogP contribution in [0, 0.1) is 11.3 Å². The molecular formula is C20H23N7O3S. The van der Waals surface area contributed by atoms with E-state index in [0.717, 1.165) is 19.3 Å². The zero-order chi connectivity index (χ0) is 24.1. The number of nitrogens with one attached hydrogen (secondary N) is 3. The van der Waals surface area contributed by atoms with Crippen molar-refractivity contribution in [3.8, 4) is 0 Å². The molecule has 11 heteroatoms. The lowest BCUT2D eigenvalue weighted by atomic mass is 10.2. The van der Waals surface area contributed by atoms with Crippen molar-refractivity contribution in [2.45, 2.75) is 30.6 Å². The van der Waals surface area contributed by atoms with Crippen LogP contribution < -0.4 is 16.0 Å². The topological polar surface area (TPSA) is 138 Å². The van der Waals surface area contributed by atoms with Crippen molar-refractivity contribution in [2.75, 3.05) is 29.9 Å². The van der Waals surface area contributed by atoms with Gasteiger partial charge in [-0.15, -0.1) is 10.2 Å². The van der Waals surface area contributed by atoms with Gasteiger partial charge in [-0.3, -0.25) is 9.59 Å². The lowest BCUT2D eigenvalue weighted by Crippen LogP contribution is -2.23. The molecule has 3 heterocycles. The molecule has 2 aliphatic carbocycles. The molecule has 2 aromatic rings. The van der Waals surface area contributed by atoms with E-state index in [1.807, 2.05) is 5.32 Å². The van der Waals surface area contributed by atoms with Crippen LogP contribution >= 0.6 is 0 Å². The van der Waals surface area contributed by atoms with Crippen LogP contribution in [-0.4, -0.2) is 50.5 Å². The number of carbonyl (C=O) groups is 2. The van der Waals surface area contributed by atoms with Crippen molar-refractivity contribution in [1.29, 1.82) is 0 Å². The summed E-state index contributed by atoms with van der Waals surface area (Å²) < 4.78 is 39.5. The Bertz CT molecular complexity index is 1300. The van der Waals surface area contributed by atoms with Gasteiger partial charge in [-0.05, 0) is 43.2 Å². The number of pyridine rings is 1. The number of hydrogen-bond acceptors (Lipinski definition) is 8. The quantitative estimate of drug-likeness (QED) is 0.619. The lowest BCUT2D eigenvalue weighted by molar-refractivity contribution is -0.117. The van der Waals surface area contributed by atoms with Crippen LogP contribution in [0.4, 0.5) is 17.3 Å². The largest absolute Gasteiger partial charge is 0.354 e. The monoisotopic (exact) mass is 444 g/mol. The molecule has 1 aliphatic heterocycles. The number of carbonyl (C=O) groups excluding carboxylic acids is 2. The first-order valence-electron chi connectivity index (χ1n) is 11.5. The SMILES string of the molecule is [2H]C([2H])([2H])NC(=O)c1nnc(NC(=O)[C@H]2CC23CC3)cc1Nc1ncccc1[S@]1(=O)=NCCC1. The minimum Gasteiger partial charge on any atom is -0.354 e. The van der Waals surface area contributed by atoms with Crippen LogP contribution in [-0.2, 0) is 14.5 Å². The average Bonchev–Trinajstić information content (AvgIpc) is 3.66. The molecule has 3 N–H and O–H groups in total. The van der Waals surface area contributed by atoms with E-state index in [1.54, 1.807) is 12.1 Å². The molecule has 0 unspecified atom stereocenters. The second-order valence-electron chi connectivity index (χ2n) is 8.08. The summed E-state index contributed by atoms with van der Waals surface area (Å²) in [5.74, 6) is -0.514. The molecule has 2 saturated carbocycles. The summed E-state index contributed by atoms with van der Waals surface area (Å²) in [7, 11) is -2.68. The summed E-state index contributed by atoms with van der Waals surface area (Å²) in [6.45, 7) is -2.26. The van der Waals surface area contributed by atoms with Crippen LogP contribution in [0.5, 0.6) is 0 Å². The lowest BCUT2D eigenvalue weighted by Gasteiger charge is -2.15. The molecule has 31 heavy (non-hydrogen) atoms. The van der Waals surface area contributed by atoms with Gasteiger partial charge >= 0.3 is 0 Å². The van der Waals surface area contributed by atoms with Crippen molar-refractivity contribution in [1.82, 2.24) is 20.5 Å². The third kappa shape index (κ3) is 3.62. The Morgan fingerprint density at radius 3 is 2.90 bits per heavy atom. The second-order valence-corrected chi connectivity index (χ2v) is 10.5. The van der Waals surface area contributed by atoms with Crippen LogP contribution in [0.2, 0.25) is 0 Å². The smallest absolute Gasteiger partial charge is 0.273 e. The van der Waals surface area contributed by atoms with Crippen molar-refractivity contribution in [3.05, 3.63) is 30.1 Å². The first-order valence-corrected chi connectivity index (χ1v) is 11.7. The molecule has 2 fully saturated rings. The maximum atomic E-state index is 13.3.